The van der Waals surface area contributed by atoms with Gasteiger partial charge in [0, 0.05) is 38.0 Å². The van der Waals surface area contributed by atoms with E-state index in [9.17, 15) is 4.39 Å². The number of nitrogens with zero attached hydrogens (tertiary/aromatic N) is 4. The van der Waals surface area contributed by atoms with Crippen molar-refractivity contribution in [3.8, 4) is 0 Å². The number of anilines is 2. The zero-order valence-corrected chi connectivity index (χ0v) is 17.1. The summed E-state index contributed by atoms with van der Waals surface area (Å²) in [6.07, 6.45) is 2.56. The largest absolute Gasteiger partial charge is 0.368 e. The zero-order chi connectivity index (χ0) is 18.3. The molecule has 0 saturated heterocycles. The number of aromatic amines is 1. The van der Waals surface area contributed by atoms with Crippen LogP contribution in [-0.4, -0.2) is 39.6 Å². The molecule has 0 aliphatic heterocycles. The molecule has 1 aromatic carbocycles. The number of imidazole rings is 1. The van der Waals surface area contributed by atoms with E-state index in [-0.39, 0.29) is 42.6 Å². The molecule has 3 aromatic rings. The average Bonchev–Trinajstić information content (AvgIpc) is 2.98. The normalized spacial score (nSPS) is 18.1. The van der Waals surface area contributed by atoms with Crippen LogP contribution >= 0.6 is 24.8 Å². The van der Waals surface area contributed by atoms with E-state index in [4.69, 9.17) is 11.5 Å². The zero-order valence-electron chi connectivity index (χ0n) is 15.4. The molecule has 28 heavy (non-hydrogen) atoms. The smallest absolute Gasteiger partial charge is 0.222 e. The second kappa shape index (κ2) is 8.89. The van der Waals surface area contributed by atoms with Gasteiger partial charge in [0.15, 0.2) is 0 Å². The first-order valence-electron chi connectivity index (χ1n) is 8.73. The maximum absolute atomic E-state index is 13.3. The second-order valence-electron chi connectivity index (χ2n) is 6.95. The van der Waals surface area contributed by atoms with Gasteiger partial charge in [0.2, 0.25) is 5.95 Å². The van der Waals surface area contributed by atoms with Gasteiger partial charge in [0.25, 0.3) is 0 Å². The monoisotopic (exact) mass is 427 g/mol. The van der Waals surface area contributed by atoms with Crippen LogP contribution in [0.25, 0.3) is 11.0 Å². The minimum Gasteiger partial charge on any atom is -0.368 e. The molecule has 10 heteroatoms. The van der Waals surface area contributed by atoms with Crippen LogP contribution in [0.2, 0.25) is 0 Å². The van der Waals surface area contributed by atoms with E-state index < -0.39 is 0 Å². The van der Waals surface area contributed by atoms with Gasteiger partial charge in [-0.2, -0.15) is 4.98 Å². The van der Waals surface area contributed by atoms with Gasteiger partial charge < -0.3 is 21.4 Å². The molecule has 1 aliphatic rings. The van der Waals surface area contributed by atoms with E-state index in [1.807, 2.05) is 18.0 Å². The summed E-state index contributed by atoms with van der Waals surface area (Å²) in [5.41, 5.74) is 14.2. The number of rotatable bonds is 5. The number of benzene rings is 1. The average molecular weight is 428 g/mol. The Morgan fingerprint density at radius 1 is 1.18 bits per heavy atom. The fraction of sp³-hybridized carbons (Fsp3) is 0.389. The molecule has 0 bridgehead atoms. The van der Waals surface area contributed by atoms with E-state index in [0.717, 1.165) is 35.7 Å². The third kappa shape index (κ3) is 4.63. The highest BCUT2D eigenvalue weighted by molar-refractivity contribution is 5.85. The number of nitrogen functional groups attached to an aromatic ring is 1. The molecule has 1 saturated carbocycles. The van der Waals surface area contributed by atoms with Gasteiger partial charge in [-0.15, -0.1) is 24.8 Å². The molecule has 2 aromatic heterocycles. The molecule has 5 N–H and O–H groups in total. The first kappa shape index (κ1) is 22.1. The maximum Gasteiger partial charge on any atom is 0.222 e. The minimum absolute atomic E-state index is 0. The predicted octanol–water partition coefficient (Wildman–Crippen LogP) is 2.80. The number of nitrogens with two attached hydrogens (primary N) is 2. The Labute approximate surface area is 174 Å². The number of aromatic nitrogens is 4. The van der Waals surface area contributed by atoms with Crippen molar-refractivity contribution >= 4 is 47.6 Å². The van der Waals surface area contributed by atoms with Crippen LogP contribution in [0.5, 0.6) is 0 Å². The SMILES string of the molecule is CN(CCc1nc2ccc(F)cc2[nH]1)c1cc(C2CC(N)C2)nc(N)n1.Cl.Cl. The summed E-state index contributed by atoms with van der Waals surface area (Å²) in [5.74, 6) is 1.97. The summed E-state index contributed by atoms with van der Waals surface area (Å²) < 4.78 is 13.3. The molecule has 0 atom stereocenters. The van der Waals surface area contributed by atoms with Crippen LogP contribution in [0, 0.1) is 5.82 Å². The lowest BCUT2D eigenvalue weighted by molar-refractivity contribution is 0.345. The third-order valence-corrected chi connectivity index (χ3v) is 4.91. The number of likely N-dealkylation sites (N-methyl/N-ethyl adjacent to an activating group) is 1. The molecule has 1 aliphatic carbocycles. The molecule has 0 spiro atoms. The molecular weight excluding hydrogens is 404 g/mol. The Morgan fingerprint density at radius 3 is 2.64 bits per heavy atom. The van der Waals surface area contributed by atoms with Crippen molar-refractivity contribution in [2.24, 2.45) is 5.73 Å². The molecule has 4 rings (SSSR count). The molecule has 0 amide bonds. The van der Waals surface area contributed by atoms with Gasteiger partial charge in [-0.3, -0.25) is 0 Å². The maximum atomic E-state index is 13.3. The lowest BCUT2D eigenvalue weighted by atomic mass is 9.78. The summed E-state index contributed by atoms with van der Waals surface area (Å²) >= 11 is 0. The summed E-state index contributed by atoms with van der Waals surface area (Å²) in [7, 11) is 1.96. The molecule has 1 fully saturated rings. The number of halogens is 3. The predicted molar refractivity (Wildman–Crippen MR) is 114 cm³/mol. The van der Waals surface area contributed by atoms with Crippen molar-refractivity contribution in [3.63, 3.8) is 0 Å². The van der Waals surface area contributed by atoms with Gasteiger partial charge in [0.1, 0.15) is 17.5 Å². The molecule has 0 unspecified atom stereocenters. The number of hydrogen-bond donors (Lipinski definition) is 3. The Kier molecular flexibility index (Phi) is 7.03. The summed E-state index contributed by atoms with van der Waals surface area (Å²) in [6, 6.07) is 6.79. The second-order valence-corrected chi connectivity index (χ2v) is 6.95. The van der Waals surface area contributed by atoms with Crippen molar-refractivity contribution in [2.45, 2.75) is 31.2 Å². The molecule has 2 heterocycles. The van der Waals surface area contributed by atoms with E-state index >= 15 is 0 Å². The number of nitrogens with one attached hydrogen (secondary N) is 1. The van der Waals surface area contributed by atoms with Crippen LogP contribution in [0.15, 0.2) is 24.3 Å². The number of H-pyrrole nitrogens is 1. The Balaban J connectivity index is 0.00000140. The fourth-order valence-electron chi connectivity index (χ4n) is 3.32. The van der Waals surface area contributed by atoms with Crippen molar-refractivity contribution in [3.05, 3.63) is 41.6 Å². The first-order valence-corrected chi connectivity index (χ1v) is 8.73. The Morgan fingerprint density at radius 2 is 1.93 bits per heavy atom. The third-order valence-electron chi connectivity index (χ3n) is 4.91. The minimum atomic E-state index is -0.274. The van der Waals surface area contributed by atoms with E-state index in [2.05, 4.69) is 19.9 Å². The van der Waals surface area contributed by atoms with Gasteiger partial charge in [-0.05, 0) is 31.0 Å². The first-order chi connectivity index (χ1) is 12.5. The standard InChI is InChI=1S/C18H22FN7.2ClH/c1-26(5-4-16-22-13-3-2-11(19)8-15(13)23-16)17-9-14(24-18(21)25-17)10-6-12(20)7-10;;/h2-3,8-10,12H,4-7,20H2,1H3,(H,22,23)(H2,21,24,25);2*1H. The van der Waals surface area contributed by atoms with Gasteiger partial charge >= 0.3 is 0 Å². The van der Waals surface area contributed by atoms with Crippen LogP contribution < -0.4 is 16.4 Å². The van der Waals surface area contributed by atoms with Gasteiger partial charge in [0.05, 0.1) is 16.7 Å². The molecule has 0 radical (unpaired) electrons. The van der Waals surface area contributed by atoms with E-state index in [1.54, 1.807) is 6.07 Å². The van der Waals surface area contributed by atoms with Crippen LogP contribution in [0.4, 0.5) is 16.2 Å². The molecule has 7 nitrogen and oxygen atoms in total. The Hall–Kier alpha value is -2.16. The van der Waals surface area contributed by atoms with Crippen molar-refractivity contribution < 1.29 is 4.39 Å². The van der Waals surface area contributed by atoms with Crippen molar-refractivity contribution in [2.75, 3.05) is 24.2 Å². The van der Waals surface area contributed by atoms with Crippen LogP contribution in [0.1, 0.15) is 30.3 Å². The van der Waals surface area contributed by atoms with Crippen LogP contribution in [0.3, 0.4) is 0 Å². The quantitative estimate of drug-likeness (QED) is 0.577. The van der Waals surface area contributed by atoms with E-state index in [1.165, 1.54) is 12.1 Å². The summed E-state index contributed by atoms with van der Waals surface area (Å²) in [5, 5.41) is 0. The highest BCUT2D eigenvalue weighted by Crippen LogP contribution is 2.35. The topological polar surface area (TPSA) is 110 Å². The highest BCUT2D eigenvalue weighted by atomic mass is 35.5. The fourth-order valence-corrected chi connectivity index (χ4v) is 3.32. The van der Waals surface area contributed by atoms with Crippen LogP contribution in [-0.2, 0) is 6.42 Å². The van der Waals surface area contributed by atoms with Gasteiger partial charge in [-0.25, -0.2) is 14.4 Å². The highest BCUT2D eigenvalue weighted by Gasteiger charge is 2.29. The Bertz CT molecular complexity index is 943. The summed E-state index contributed by atoms with van der Waals surface area (Å²) in [4.78, 5) is 18.4. The lowest BCUT2D eigenvalue weighted by Gasteiger charge is -2.32. The molecular formula is C18H24Cl2FN7. The van der Waals surface area contributed by atoms with E-state index in [0.29, 0.717) is 24.4 Å². The van der Waals surface area contributed by atoms with Gasteiger partial charge in [-0.1, -0.05) is 0 Å². The lowest BCUT2D eigenvalue weighted by Crippen LogP contribution is -2.35. The number of hydrogen-bond acceptors (Lipinski definition) is 6. The number of fused-ring (bicyclic) bond motifs is 1. The van der Waals surface area contributed by atoms with Crippen molar-refractivity contribution in [1.29, 1.82) is 0 Å². The molecule has 152 valence electrons. The summed E-state index contributed by atoms with van der Waals surface area (Å²) in [6.45, 7) is 0.697. The van der Waals surface area contributed by atoms with Crippen molar-refractivity contribution in [1.82, 2.24) is 19.9 Å².